The summed E-state index contributed by atoms with van der Waals surface area (Å²) in [5, 5.41) is 12.2. The highest BCUT2D eigenvalue weighted by atomic mass is 32.2. The summed E-state index contributed by atoms with van der Waals surface area (Å²) >= 11 is 1.86. The van der Waals surface area contributed by atoms with Gasteiger partial charge in [0.2, 0.25) is 0 Å². The first kappa shape index (κ1) is 14.7. The maximum absolute atomic E-state index is 12.2. The molecule has 1 unspecified atom stereocenters. The fourth-order valence-electron chi connectivity index (χ4n) is 2.13. The van der Waals surface area contributed by atoms with Crippen molar-refractivity contribution in [1.82, 2.24) is 5.32 Å². The fraction of sp³-hybridized carbons (Fsp3) is 0.429. The van der Waals surface area contributed by atoms with Gasteiger partial charge >= 0.3 is 12.0 Å². The van der Waals surface area contributed by atoms with E-state index in [-0.39, 0.29) is 12.6 Å². The van der Waals surface area contributed by atoms with Crippen LogP contribution in [0.15, 0.2) is 30.3 Å². The number of anilines is 1. The molecule has 2 amide bonds. The van der Waals surface area contributed by atoms with Crippen LogP contribution in [0, 0.1) is 0 Å². The predicted molar refractivity (Wildman–Crippen MR) is 80.3 cm³/mol. The van der Waals surface area contributed by atoms with Crippen LogP contribution >= 0.6 is 11.8 Å². The van der Waals surface area contributed by atoms with Crippen molar-refractivity contribution in [2.24, 2.45) is 0 Å². The number of benzene rings is 1. The summed E-state index contributed by atoms with van der Waals surface area (Å²) in [6.45, 7) is 0.250. The largest absolute Gasteiger partial charge is 0.480 e. The second-order valence-electron chi connectivity index (χ2n) is 4.64. The number of aliphatic carboxylic acids is 1. The van der Waals surface area contributed by atoms with E-state index in [2.05, 4.69) is 5.32 Å². The third-order valence-corrected chi connectivity index (χ3v) is 4.51. The second kappa shape index (κ2) is 7.19. The molecule has 5 nitrogen and oxygen atoms in total. The normalized spacial score (nSPS) is 17.7. The molecule has 1 heterocycles. The van der Waals surface area contributed by atoms with Gasteiger partial charge in [0.25, 0.3) is 0 Å². The molecule has 0 spiro atoms. The Morgan fingerprint density at radius 3 is 2.70 bits per heavy atom. The van der Waals surface area contributed by atoms with Crippen molar-refractivity contribution in [3.8, 4) is 0 Å². The van der Waals surface area contributed by atoms with Gasteiger partial charge in [-0.05, 0) is 30.7 Å². The average molecular weight is 294 g/mol. The molecular weight excluding hydrogens is 276 g/mol. The predicted octanol–water partition coefficient (Wildman–Crippen LogP) is 2.18. The zero-order valence-corrected chi connectivity index (χ0v) is 11.9. The number of carboxylic acid groups (broad SMARTS) is 1. The third kappa shape index (κ3) is 4.16. The Bertz CT molecular complexity index is 461. The molecule has 0 aliphatic carbocycles. The lowest BCUT2D eigenvalue weighted by molar-refractivity contribution is -0.135. The standard InChI is InChI=1S/C14H18N2O3S/c17-13(18)10-16(11-5-2-1-3-6-11)14(19)15-9-12-7-4-8-20-12/h1-3,5-6,12H,4,7-10H2,(H,15,19)(H,17,18). The zero-order valence-electron chi connectivity index (χ0n) is 11.1. The monoisotopic (exact) mass is 294 g/mol. The van der Waals surface area contributed by atoms with Crippen LogP contribution in [0.5, 0.6) is 0 Å². The number of para-hydroxylation sites is 1. The number of rotatable bonds is 5. The van der Waals surface area contributed by atoms with Crippen LogP contribution in [0.3, 0.4) is 0 Å². The fourth-order valence-corrected chi connectivity index (χ4v) is 3.33. The molecule has 0 aromatic heterocycles. The summed E-state index contributed by atoms with van der Waals surface area (Å²) in [7, 11) is 0. The van der Waals surface area contributed by atoms with Gasteiger partial charge in [0.1, 0.15) is 6.54 Å². The molecule has 2 N–H and O–H groups in total. The number of urea groups is 1. The van der Waals surface area contributed by atoms with E-state index in [1.54, 1.807) is 24.3 Å². The van der Waals surface area contributed by atoms with Gasteiger partial charge in [0, 0.05) is 17.5 Å². The second-order valence-corrected chi connectivity index (χ2v) is 6.04. The van der Waals surface area contributed by atoms with Crippen LogP contribution in [-0.2, 0) is 4.79 Å². The Morgan fingerprint density at radius 2 is 2.10 bits per heavy atom. The van der Waals surface area contributed by atoms with Crippen molar-refractivity contribution in [2.75, 3.05) is 23.7 Å². The molecule has 1 atom stereocenters. The van der Waals surface area contributed by atoms with Gasteiger partial charge in [-0.1, -0.05) is 18.2 Å². The average Bonchev–Trinajstić information content (AvgIpc) is 2.96. The lowest BCUT2D eigenvalue weighted by Crippen LogP contribution is -2.44. The molecule has 20 heavy (non-hydrogen) atoms. The summed E-state index contributed by atoms with van der Waals surface area (Å²) < 4.78 is 0. The van der Waals surface area contributed by atoms with Gasteiger partial charge < -0.3 is 10.4 Å². The molecule has 108 valence electrons. The molecule has 0 radical (unpaired) electrons. The molecule has 1 aromatic carbocycles. The Balaban J connectivity index is 1.98. The van der Waals surface area contributed by atoms with Crippen molar-refractivity contribution in [2.45, 2.75) is 18.1 Å². The van der Waals surface area contributed by atoms with Crippen LogP contribution in [-0.4, -0.2) is 41.2 Å². The van der Waals surface area contributed by atoms with Crippen molar-refractivity contribution >= 4 is 29.4 Å². The molecule has 6 heteroatoms. The van der Waals surface area contributed by atoms with Gasteiger partial charge in [-0.2, -0.15) is 11.8 Å². The number of amides is 2. The summed E-state index contributed by atoms with van der Waals surface area (Å²) in [6.07, 6.45) is 2.29. The molecular formula is C14H18N2O3S. The molecule has 1 aliphatic heterocycles. The maximum Gasteiger partial charge on any atom is 0.323 e. The molecule has 0 bridgehead atoms. The van der Waals surface area contributed by atoms with Crippen LogP contribution < -0.4 is 10.2 Å². The Labute approximate surface area is 122 Å². The molecule has 1 aromatic rings. The molecule has 1 fully saturated rings. The minimum atomic E-state index is -1.03. The Hall–Kier alpha value is -1.69. The first-order valence-electron chi connectivity index (χ1n) is 6.60. The number of thioether (sulfide) groups is 1. The van der Waals surface area contributed by atoms with E-state index >= 15 is 0 Å². The summed E-state index contributed by atoms with van der Waals surface area (Å²) in [4.78, 5) is 24.4. The van der Waals surface area contributed by atoms with Gasteiger partial charge in [-0.15, -0.1) is 0 Å². The zero-order chi connectivity index (χ0) is 14.4. The van der Waals surface area contributed by atoms with Gasteiger partial charge in [-0.3, -0.25) is 9.69 Å². The van der Waals surface area contributed by atoms with E-state index in [1.807, 2.05) is 17.8 Å². The Kier molecular flexibility index (Phi) is 5.29. The first-order valence-corrected chi connectivity index (χ1v) is 7.65. The summed E-state index contributed by atoms with van der Waals surface area (Å²) in [6, 6.07) is 8.50. The van der Waals surface area contributed by atoms with Crippen LogP contribution in [0.4, 0.5) is 10.5 Å². The van der Waals surface area contributed by atoms with E-state index in [1.165, 1.54) is 11.3 Å². The SMILES string of the molecule is O=C(O)CN(C(=O)NCC1CCCS1)c1ccccc1. The summed E-state index contributed by atoms with van der Waals surface area (Å²) in [5.74, 6) is 0.108. The van der Waals surface area contributed by atoms with Gasteiger partial charge in [0.15, 0.2) is 0 Å². The smallest absolute Gasteiger partial charge is 0.323 e. The van der Waals surface area contributed by atoms with E-state index < -0.39 is 5.97 Å². The minimum absolute atomic E-state index is 0.340. The lowest BCUT2D eigenvalue weighted by atomic mass is 10.2. The van der Waals surface area contributed by atoms with E-state index in [9.17, 15) is 9.59 Å². The minimum Gasteiger partial charge on any atom is -0.480 e. The van der Waals surface area contributed by atoms with Crippen LogP contribution in [0.25, 0.3) is 0 Å². The molecule has 1 aliphatic rings. The highest BCUT2D eigenvalue weighted by Crippen LogP contribution is 2.25. The van der Waals surface area contributed by atoms with Crippen LogP contribution in [0.2, 0.25) is 0 Å². The van der Waals surface area contributed by atoms with Gasteiger partial charge in [-0.25, -0.2) is 4.79 Å². The number of carbonyl (C=O) groups excluding carboxylic acids is 1. The quantitative estimate of drug-likeness (QED) is 0.873. The number of nitrogens with zero attached hydrogens (tertiary/aromatic N) is 1. The van der Waals surface area contributed by atoms with Crippen molar-refractivity contribution in [1.29, 1.82) is 0 Å². The third-order valence-electron chi connectivity index (χ3n) is 3.11. The molecule has 1 saturated heterocycles. The number of carboxylic acids is 1. The molecule has 0 saturated carbocycles. The lowest BCUT2D eigenvalue weighted by Gasteiger charge is -2.22. The topological polar surface area (TPSA) is 69.6 Å². The van der Waals surface area contributed by atoms with Crippen LogP contribution in [0.1, 0.15) is 12.8 Å². The van der Waals surface area contributed by atoms with E-state index in [0.717, 1.165) is 12.2 Å². The number of hydrogen-bond donors (Lipinski definition) is 2. The summed E-state index contributed by atoms with van der Waals surface area (Å²) in [5.41, 5.74) is 0.589. The number of nitrogens with one attached hydrogen (secondary N) is 1. The van der Waals surface area contributed by atoms with E-state index in [0.29, 0.717) is 17.5 Å². The van der Waals surface area contributed by atoms with Crippen molar-refractivity contribution < 1.29 is 14.7 Å². The number of carbonyl (C=O) groups is 2. The number of hydrogen-bond acceptors (Lipinski definition) is 3. The van der Waals surface area contributed by atoms with E-state index in [4.69, 9.17) is 5.11 Å². The van der Waals surface area contributed by atoms with Gasteiger partial charge in [0.05, 0.1) is 0 Å². The maximum atomic E-state index is 12.2. The van der Waals surface area contributed by atoms with Crippen molar-refractivity contribution in [3.63, 3.8) is 0 Å². The Morgan fingerprint density at radius 1 is 1.35 bits per heavy atom. The molecule has 2 rings (SSSR count). The van der Waals surface area contributed by atoms with Crippen molar-refractivity contribution in [3.05, 3.63) is 30.3 Å². The highest BCUT2D eigenvalue weighted by Gasteiger charge is 2.21. The first-order chi connectivity index (χ1) is 9.66. The highest BCUT2D eigenvalue weighted by molar-refractivity contribution is 8.00.